The first kappa shape index (κ1) is 15.4. The van der Waals surface area contributed by atoms with Crippen molar-refractivity contribution in [3.8, 4) is 0 Å². The smallest absolute Gasteiger partial charge is 0.0398 e. The van der Waals surface area contributed by atoms with Crippen molar-refractivity contribution in [1.29, 1.82) is 0 Å². The molecule has 2 heteroatoms. The van der Waals surface area contributed by atoms with E-state index in [1.807, 2.05) is 0 Å². The van der Waals surface area contributed by atoms with Crippen LogP contribution < -0.4 is 10.2 Å². The summed E-state index contributed by atoms with van der Waals surface area (Å²) in [5.41, 5.74) is 4.43. The molecule has 0 aromatic heterocycles. The molecule has 1 atom stereocenters. The lowest BCUT2D eigenvalue weighted by molar-refractivity contribution is 0.499. The largest absolute Gasteiger partial charge is 0.371 e. The van der Waals surface area contributed by atoms with Crippen LogP contribution in [0.15, 0.2) is 18.2 Å². The second-order valence-corrected chi connectivity index (χ2v) is 6.18. The van der Waals surface area contributed by atoms with Crippen LogP contribution in [0.25, 0.3) is 0 Å². The third-order valence-corrected chi connectivity index (χ3v) is 4.32. The van der Waals surface area contributed by atoms with Crippen LogP contribution in [0.2, 0.25) is 0 Å². The number of rotatable bonds is 7. The van der Waals surface area contributed by atoms with Gasteiger partial charge in [-0.25, -0.2) is 0 Å². The second-order valence-electron chi connectivity index (χ2n) is 6.18. The third-order valence-electron chi connectivity index (χ3n) is 4.32. The Labute approximate surface area is 124 Å². The molecule has 20 heavy (non-hydrogen) atoms. The number of hydrogen-bond donors (Lipinski definition) is 1. The summed E-state index contributed by atoms with van der Waals surface area (Å²) in [7, 11) is 0. The molecular weight excluding hydrogens is 244 g/mol. The van der Waals surface area contributed by atoms with E-state index in [0.29, 0.717) is 6.04 Å². The molecule has 1 N–H and O–H groups in total. The predicted molar refractivity (Wildman–Crippen MR) is 88.7 cm³/mol. The van der Waals surface area contributed by atoms with Crippen LogP contribution in [0.3, 0.4) is 0 Å². The second kappa shape index (κ2) is 7.68. The third kappa shape index (κ3) is 4.24. The predicted octanol–water partition coefficient (Wildman–Crippen LogP) is 3.92. The first-order valence-corrected chi connectivity index (χ1v) is 8.28. The van der Waals surface area contributed by atoms with Gasteiger partial charge in [0, 0.05) is 24.8 Å². The Morgan fingerprint density at radius 1 is 1.30 bits per heavy atom. The van der Waals surface area contributed by atoms with Crippen LogP contribution >= 0.6 is 0 Å². The van der Waals surface area contributed by atoms with E-state index >= 15 is 0 Å². The maximum Gasteiger partial charge on any atom is 0.0398 e. The lowest BCUT2D eigenvalue weighted by atomic mass is 9.99. The van der Waals surface area contributed by atoms with Crippen LogP contribution in [0.1, 0.15) is 50.7 Å². The fraction of sp³-hybridized carbons (Fsp3) is 0.667. The summed E-state index contributed by atoms with van der Waals surface area (Å²) in [6.45, 7) is 10.2. The van der Waals surface area contributed by atoms with E-state index < -0.39 is 0 Å². The molecule has 0 fully saturated rings. The van der Waals surface area contributed by atoms with E-state index in [1.54, 1.807) is 5.56 Å². The number of unbranched alkanes of at least 4 members (excludes halogenated alkanes) is 1. The number of hydrogen-bond acceptors (Lipinski definition) is 2. The first-order valence-electron chi connectivity index (χ1n) is 8.28. The van der Waals surface area contributed by atoms with E-state index in [-0.39, 0.29) is 0 Å². The SMILES string of the molecule is CCNC(C)CCCCN1CCCc2cc(C)ccc21. The summed E-state index contributed by atoms with van der Waals surface area (Å²) in [6.07, 6.45) is 6.49. The molecule has 2 rings (SSSR count). The Morgan fingerprint density at radius 3 is 2.95 bits per heavy atom. The van der Waals surface area contributed by atoms with Crippen molar-refractivity contribution in [1.82, 2.24) is 5.32 Å². The van der Waals surface area contributed by atoms with Crippen LogP contribution in [0.5, 0.6) is 0 Å². The molecule has 1 aliphatic heterocycles. The average molecular weight is 274 g/mol. The first-order chi connectivity index (χ1) is 9.70. The summed E-state index contributed by atoms with van der Waals surface area (Å²) in [4.78, 5) is 2.59. The van der Waals surface area contributed by atoms with Gasteiger partial charge in [0.1, 0.15) is 0 Å². The molecule has 1 aliphatic rings. The molecule has 0 amide bonds. The van der Waals surface area contributed by atoms with Gasteiger partial charge in [0.2, 0.25) is 0 Å². The van der Waals surface area contributed by atoms with Gasteiger partial charge in [-0.3, -0.25) is 0 Å². The molecule has 0 saturated carbocycles. The van der Waals surface area contributed by atoms with Crippen molar-refractivity contribution in [2.24, 2.45) is 0 Å². The fourth-order valence-corrected chi connectivity index (χ4v) is 3.24. The number of nitrogens with zero attached hydrogens (tertiary/aromatic N) is 1. The van der Waals surface area contributed by atoms with E-state index in [9.17, 15) is 0 Å². The minimum absolute atomic E-state index is 0.663. The Hall–Kier alpha value is -1.02. The normalized spacial score (nSPS) is 16.1. The zero-order chi connectivity index (χ0) is 14.4. The Balaban J connectivity index is 1.80. The number of aryl methyl sites for hydroxylation is 2. The highest BCUT2D eigenvalue weighted by molar-refractivity contribution is 5.56. The Kier molecular flexibility index (Phi) is 5.90. The van der Waals surface area contributed by atoms with Crippen LogP contribution in [-0.2, 0) is 6.42 Å². The molecule has 1 aromatic carbocycles. The summed E-state index contributed by atoms with van der Waals surface area (Å²) < 4.78 is 0. The fourth-order valence-electron chi connectivity index (χ4n) is 3.24. The quantitative estimate of drug-likeness (QED) is 0.758. The standard InChI is InChI=1S/C18H30N2/c1-4-19-16(3)8-5-6-12-20-13-7-9-17-14-15(2)10-11-18(17)20/h10-11,14,16,19H,4-9,12-13H2,1-3H3. The van der Waals surface area contributed by atoms with Gasteiger partial charge in [-0.2, -0.15) is 0 Å². The summed E-state index contributed by atoms with van der Waals surface area (Å²) >= 11 is 0. The van der Waals surface area contributed by atoms with Crippen molar-refractivity contribution >= 4 is 5.69 Å². The lowest BCUT2D eigenvalue weighted by Gasteiger charge is -2.31. The minimum Gasteiger partial charge on any atom is -0.371 e. The van der Waals surface area contributed by atoms with Gasteiger partial charge in [-0.05, 0) is 57.7 Å². The van der Waals surface area contributed by atoms with Crippen molar-refractivity contribution in [2.75, 3.05) is 24.5 Å². The van der Waals surface area contributed by atoms with Gasteiger partial charge < -0.3 is 10.2 Å². The van der Waals surface area contributed by atoms with Gasteiger partial charge in [0.25, 0.3) is 0 Å². The van der Waals surface area contributed by atoms with Gasteiger partial charge in [-0.1, -0.05) is 31.0 Å². The summed E-state index contributed by atoms with van der Waals surface area (Å²) in [5.74, 6) is 0. The summed E-state index contributed by atoms with van der Waals surface area (Å²) in [6, 6.07) is 7.61. The molecule has 1 heterocycles. The molecule has 0 saturated heterocycles. The number of nitrogens with one attached hydrogen (secondary N) is 1. The van der Waals surface area contributed by atoms with E-state index in [2.05, 4.69) is 49.2 Å². The monoisotopic (exact) mass is 274 g/mol. The van der Waals surface area contributed by atoms with Gasteiger partial charge in [-0.15, -0.1) is 0 Å². The van der Waals surface area contributed by atoms with Crippen molar-refractivity contribution < 1.29 is 0 Å². The topological polar surface area (TPSA) is 15.3 Å². The number of anilines is 1. The van der Waals surface area contributed by atoms with E-state index in [0.717, 1.165) is 6.54 Å². The van der Waals surface area contributed by atoms with Gasteiger partial charge in [0.15, 0.2) is 0 Å². The molecule has 0 spiro atoms. The Bertz CT molecular complexity index is 414. The van der Waals surface area contributed by atoms with Crippen LogP contribution in [-0.4, -0.2) is 25.7 Å². The molecule has 2 nitrogen and oxygen atoms in total. The lowest BCUT2D eigenvalue weighted by Crippen LogP contribution is -2.31. The van der Waals surface area contributed by atoms with E-state index in [4.69, 9.17) is 0 Å². The van der Waals surface area contributed by atoms with E-state index in [1.165, 1.54) is 56.4 Å². The molecule has 1 unspecified atom stereocenters. The highest BCUT2D eigenvalue weighted by Gasteiger charge is 2.16. The molecule has 0 aliphatic carbocycles. The van der Waals surface area contributed by atoms with Crippen molar-refractivity contribution in [3.63, 3.8) is 0 Å². The summed E-state index contributed by atoms with van der Waals surface area (Å²) in [5, 5.41) is 3.49. The minimum atomic E-state index is 0.663. The molecule has 112 valence electrons. The van der Waals surface area contributed by atoms with Crippen LogP contribution in [0.4, 0.5) is 5.69 Å². The maximum atomic E-state index is 3.49. The zero-order valence-electron chi connectivity index (χ0n) is 13.4. The van der Waals surface area contributed by atoms with Gasteiger partial charge in [0.05, 0.1) is 0 Å². The Morgan fingerprint density at radius 2 is 2.15 bits per heavy atom. The zero-order valence-corrected chi connectivity index (χ0v) is 13.4. The van der Waals surface area contributed by atoms with Crippen LogP contribution in [0, 0.1) is 6.92 Å². The molecular formula is C18H30N2. The molecule has 0 radical (unpaired) electrons. The average Bonchev–Trinajstić information content (AvgIpc) is 2.43. The maximum absolute atomic E-state index is 3.49. The molecule has 0 bridgehead atoms. The van der Waals surface area contributed by atoms with Gasteiger partial charge >= 0.3 is 0 Å². The highest BCUT2D eigenvalue weighted by atomic mass is 15.1. The van der Waals surface area contributed by atoms with Crippen molar-refractivity contribution in [2.45, 2.75) is 58.9 Å². The molecule has 1 aromatic rings. The van der Waals surface area contributed by atoms with Crippen molar-refractivity contribution in [3.05, 3.63) is 29.3 Å². The highest BCUT2D eigenvalue weighted by Crippen LogP contribution is 2.28. The number of benzene rings is 1. The number of fused-ring (bicyclic) bond motifs is 1.